The number of Topliss-reactive ketones (excluding diaryl/α,β-unsaturated/α-hetero) is 1. The van der Waals surface area contributed by atoms with E-state index >= 15 is 0 Å². The molecular weight excluding hydrogens is 616 g/mol. The number of hydrogen-bond donors (Lipinski definition) is 3. The van der Waals surface area contributed by atoms with E-state index in [1.54, 1.807) is 6.08 Å². The van der Waals surface area contributed by atoms with Gasteiger partial charge in [-0.2, -0.15) is 4.98 Å². The molecule has 4 N–H and O–H groups in total. The third-order valence-corrected chi connectivity index (χ3v) is 12.7. The summed E-state index contributed by atoms with van der Waals surface area (Å²) < 4.78 is 7.64. The van der Waals surface area contributed by atoms with Gasteiger partial charge in [-0.15, -0.1) is 6.58 Å². The van der Waals surface area contributed by atoms with Gasteiger partial charge in [0.05, 0.1) is 11.9 Å². The predicted octanol–water partition coefficient (Wildman–Crippen LogP) is 5.17. The van der Waals surface area contributed by atoms with Crippen LogP contribution >= 0.6 is 11.8 Å². The van der Waals surface area contributed by atoms with E-state index in [9.17, 15) is 19.5 Å². The molecule has 3 saturated carbocycles. The van der Waals surface area contributed by atoms with Gasteiger partial charge in [0.1, 0.15) is 28.8 Å². The summed E-state index contributed by atoms with van der Waals surface area (Å²) in [6.07, 6.45) is 5.12. The molecule has 12 heteroatoms. The Labute approximate surface area is 279 Å². The van der Waals surface area contributed by atoms with Crippen LogP contribution < -0.4 is 11.1 Å². The zero-order valence-corrected chi connectivity index (χ0v) is 28.3. The van der Waals surface area contributed by atoms with Crippen LogP contribution in [0.5, 0.6) is 0 Å². The van der Waals surface area contributed by atoms with Crippen molar-refractivity contribution in [3.05, 3.63) is 54.9 Å². The lowest BCUT2D eigenvalue weighted by Crippen LogP contribution is -2.63. The maximum atomic E-state index is 13.7. The van der Waals surface area contributed by atoms with E-state index in [1.165, 1.54) is 10.9 Å². The molecule has 3 aliphatic rings. The zero-order valence-electron chi connectivity index (χ0n) is 27.4. The summed E-state index contributed by atoms with van der Waals surface area (Å²) in [7, 11) is 0. The van der Waals surface area contributed by atoms with E-state index in [1.807, 2.05) is 37.3 Å². The van der Waals surface area contributed by atoms with Crippen LogP contribution in [0.1, 0.15) is 65.4 Å². The van der Waals surface area contributed by atoms with Crippen molar-refractivity contribution in [3.8, 4) is 0 Å². The fourth-order valence-electron chi connectivity index (χ4n) is 8.82. The van der Waals surface area contributed by atoms with E-state index in [2.05, 4.69) is 47.6 Å². The van der Waals surface area contributed by atoms with Gasteiger partial charge in [-0.25, -0.2) is 19.3 Å². The molecule has 1 aromatic carbocycles. The van der Waals surface area contributed by atoms with Gasteiger partial charge in [0.2, 0.25) is 5.95 Å². The van der Waals surface area contributed by atoms with Crippen molar-refractivity contribution in [2.45, 2.75) is 83.6 Å². The SMILES string of the molecule is C=C[C@]1(C)C[C@@H](OC(=O)CSc2nc(N)nc3c2ncn3C(=O)NCc2ccccc2)[C@@]2(C)C3C(=O)CC[C@@]3(CC[C@H]2C)[C@@H](C)[C@@H]1O. The van der Waals surface area contributed by atoms with Crippen molar-refractivity contribution in [2.75, 3.05) is 11.5 Å². The first kappa shape index (κ1) is 33.1. The number of carbonyl (C=O) groups is 3. The summed E-state index contributed by atoms with van der Waals surface area (Å²) in [6, 6.07) is 9.09. The minimum Gasteiger partial charge on any atom is -0.461 e. The van der Waals surface area contributed by atoms with E-state index < -0.39 is 35.0 Å². The highest BCUT2D eigenvalue weighted by Crippen LogP contribution is 2.68. The number of rotatable bonds is 7. The molecule has 2 bridgehead atoms. The molecule has 0 saturated heterocycles. The maximum Gasteiger partial charge on any atom is 0.328 e. The average molecular weight is 661 g/mol. The lowest BCUT2D eigenvalue weighted by molar-refractivity contribution is -0.205. The number of nitrogens with one attached hydrogen (secondary N) is 1. The Kier molecular flexibility index (Phi) is 8.71. The molecule has 1 amide bonds. The van der Waals surface area contributed by atoms with E-state index in [-0.39, 0.29) is 46.3 Å². The first-order valence-electron chi connectivity index (χ1n) is 16.3. The number of aliphatic hydroxyl groups excluding tert-OH is 1. The van der Waals surface area contributed by atoms with Crippen molar-refractivity contribution in [3.63, 3.8) is 0 Å². The molecule has 2 aromatic heterocycles. The average Bonchev–Trinajstić information content (AvgIpc) is 3.65. The molecule has 8 atom stereocenters. The number of aromatic nitrogens is 4. The summed E-state index contributed by atoms with van der Waals surface area (Å²) in [5.74, 6) is -0.715. The van der Waals surface area contributed by atoms with Gasteiger partial charge in [-0.05, 0) is 48.5 Å². The maximum absolute atomic E-state index is 13.7. The van der Waals surface area contributed by atoms with E-state index in [0.717, 1.165) is 36.6 Å². The Bertz CT molecular complexity index is 1710. The summed E-state index contributed by atoms with van der Waals surface area (Å²) in [6.45, 7) is 12.7. The van der Waals surface area contributed by atoms with Crippen LogP contribution in [0.25, 0.3) is 11.2 Å². The Morgan fingerprint density at radius 2 is 1.96 bits per heavy atom. The highest BCUT2D eigenvalue weighted by molar-refractivity contribution is 8.00. The van der Waals surface area contributed by atoms with Crippen LogP contribution in [0.15, 0.2) is 54.3 Å². The van der Waals surface area contributed by atoms with Gasteiger partial charge >= 0.3 is 12.0 Å². The number of anilines is 1. The van der Waals surface area contributed by atoms with Crippen LogP contribution in [0.3, 0.4) is 0 Å². The molecule has 0 spiro atoms. The number of ether oxygens (including phenoxy) is 1. The lowest BCUT2D eigenvalue weighted by Gasteiger charge is -2.61. The number of imidazole rings is 1. The third kappa shape index (κ3) is 5.52. The lowest BCUT2D eigenvalue weighted by atomic mass is 9.44. The molecule has 47 heavy (non-hydrogen) atoms. The molecule has 3 aliphatic carbocycles. The van der Waals surface area contributed by atoms with Crippen molar-refractivity contribution in [2.24, 2.45) is 34.0 Å². The monoisotopic (exact) mass is 660 g/mol. The van der Waals surface area contributed by atoms with Crippen LogP contribution in [-0.4, -0.2) is 60.4 Å². The first-order chi connectivity index (χ1) is 22.3. The zero-order chi connectivity index (χ0) is 33.7. The fraction of sp³-hybridized carbons (Fsp3) is 0.543. The molecule has 0 aliphatic heterocycles. The number of nitrogen functional groups attached to an aromatic ring is 1. The van der Waals surface area contributed by atoms with Gasteiger partial charge in [-0.3, -0.25) is 9.59 Å². The molecule has 2 heterocycles. The van der Waals surface area contributed by atoms with Crippen LogP contribution in [0, 0.1) is 34.0 Å². The number of thioether (sulfide) groups is 1. The first-order valence-corrected chi connectivity index (χ1v) is 17.3. The van der Waals surface area contributed by atoms with Crippen LogP contribution in [0.4, 0.5) is 10.7 Å². The summed E-state index contributed by atoms with van der Waals surface area (Å²) in [5, 5.41) is 15.0. The standard InChI is InChI=1S/C35H44N6O5S/c1-6-33(4)16-24(34(5)20(2)12-14-35(21(3)28(33)44)15-13-23(42)27(34)35)46-25(43)18-47-30-26-29(39-31(36)40-30)41(19-38-26)32(45)37-17-22-10-8-7-9-11-22/h6-11,19-21,24,27-28,44H,1,12-18H2,2-5H3,(H,37,45)(H2,36,39,40)/t20-,21+,24-,27?,28+,33-,34+,35+/m1/s1. The highest BCUT2D eigenvalue weighted by atomic mass is 32.2. The number of amides is 1. The van der Waals surface area contributed by atoms with Crippen LogP contribution in [0.2, 0.25) is 0 Å². The Morgan fingerprint density at radius 3 is 2.68 bits per heavy atom. The number of esters is 1. The van der Waals surface area contributed by atoms with E-state index in [0.29, 0.717) is 29.9 Å². The number of ketones is 1. The third-order valence-electron chi connectivity index (χ3n) is 11.8. The minimum absolute atomic E-state index is 0.0597. The van der Waals surface area contributed by atoms with Crippen molar-refractivity contribution >= 4 is 46.7 Å². The van der Waals surface area contributed by atoms with Gasteiger partial charge in [0.15, 0.2) is 5.65 Å². The molecule has 6 rings (SSSR count). The summed E-state index contributed by atoms with van der Waals surface area (Å²) in [5.41, 5.74) is 5.86. The number of fused-ring (bicyclic) bond motifs is 1. The second-order valence-electron chi connectivity index (χ2n) is 14.2. The number of nitrogens with two attached hydrogens (primary N) is 1. The topological polar surface area (TPSA) is 162 Å². The Balaban J connectivity index is 1.24. The second-order valence-corrected chi connectivity index (χ2v) is 15.1. The predicted molar refractivity (Wildman–Crippen MR) is 179 cm³/mol. The number of hydrogen-bond acceptors (Lipinski definition) is 10. The smallest absolute Gasteiger partial charge is 0.328 e. The molecule has 3 fully saturated rings. The normalized spacial score (nSPS) is 33.5. The molecule has 1 unspecified atom stereocenters. The largest absolute Gasteiger partial charge is 0.461 e. The quantitative estimate of drug-likeness (QED) is 0.133. The number of carbonyl (C=O) groups excluding carboxylic acids is 3. The van der Waals surface area contributed by atoms with Crippen molar-refractivity contribution < 1.29 is 24.2 Å². The fourth-order valence-corrected chi connectivity index (χ4v) is 9.58. The second kappa shape index (κ2) is 12.4. The van der Waals surface area contributed by atoms with Gasteiger partial charge < -0.3 is 20.9 Å². The van der Waals surface area contributed by atoms with E-state index in [4.69, 9.17) is 10.5 Å². The Hall–Kier alpha value is -3.77. The molecule has 0 radical (unpaired) electrons. The molecule has 3 aromatic rings. The number of benzene rings is 1. The van der Waals surface area contributed by atoms with Gasteiger partial charge in [0, 0.05) is 29.7 Å². The molecule has 11 nitrogen and oxygen atoms in total. The van der Waals surface area contributed by atoms with Crippen LogP contribution in [-0.2, 0) is 20.9 Å². The molecular formula is C35H44N6O5S. The van der Waals surface area contributed by atoms with Gasteiger partial charge in [-0.1, -0.05) is 75.9 Å². The van der Waals surface area contributed by atoms with Gasteiger partial charge in [0.25, 0.3) is 0 Å². The summed E-state index contributed by atoms with van der Waals surface area (Å²) in [4.78, 5) is 53.3. The van der Waals surface area contributed by atoms with Crippen molar-refractivity contribution in [1.29, 1.82) is 0 Å². The molecule has 250 valence electrons. The highest BCUT2D eigenvalue weighted by Gasteiger charge is 2.68. The summed E-state index contributed by atoms with van der Waals surface area (Å²) >= 11 is 1.10. The van der Waals surface area contributed by atoms with Crippen molar-refractivity contribution in [1.82, 2.24) is 24.8 Å². The number of aliphatic hydroxyl groups is 1. The Morgan fingerprint density at radius 1 is 1.21 bits per heavy atom. The number of nitrogens with zero attached hydrogens (tertiary/aromatic N) is 4. The minimum atomic E-state index is -0.737.